The Kier molecular flexibility index (Phi) is 17.7. The quantitative estimate of drug-likeness (QED) is 0.0611. The van der Waals surface area contributed by atoms with Crippen molar-refractivity contribution < 1.29 is 58.6 Å². The smallest absolute Gasteiger partial charge is 0.314 e. The van der Waals surface area contributed by atoms with Crippen LogP contribution < -0.4 is 0 Å². The van der Waals surface area contributed by atoms with Crippen molar-refractivity contribution in [3.05, 3.63) is 0 Å². The first-order valence-corrected chi connectivity index (χ1v) is 21.1. The molecule has 0 aromatic heterocycles. The second-order valence-corrected chi connectivity index (χ2v) is 17.9. The highest BCUT2D eigenvalue weighted by Gasteiger charge is 2.60. The summed E-state index contributed by atoms with van der Waals surface area (Å²) in [7, 11) is 0. The lowest BCUT2D eigenvalue weighted by Crippen LogP contribution is -2.51. The summed E-state index contributed by atoms with van der Waals surface area (Å²) < 4.78 is 21.0. The highest BCUT2D eigenvalue weighted by Crippen LogP contribution is 2.56. The molecule has 310 valence electrons. The van der Waals surface area contributed by atoms with Gasteiger partial charge in [-0.3, -0.25) is 19.2 Å². The third-order valence-electron chi connectivity index (χ3n) is 12.7. The molecular weight excluding hydrogens is 696 g/mol. The highest BCUT2D eigenvalue weighted by molar-refractivity contribution is 5.92. The van der Waals surface area contributed by atoms with Gasteiger partial charge < -0.3 is 39.4 Å². The molecule has 7 unspecified atom stereocenters. The number of aliphatic hydroxyl groups is 3. The second-order valence-electron chi connectivity index (χ2n) is 17.9. The monoisotopic (exact) mass is 766 g/mol. The lowest BCUT2D eigenvalue weighted by atomic mass is 9.77. The summed E-state index contributed by atoms with van der Waals surface area (Å²) in [6.07, 6.45) is 20.2. The number of rotatable bonds is 15. The van der Waals surface area contributed by atoms with Gasteiger partial charge in [0.1, 0.15) is 5.60 Å². The van der Waals surface area contributed by atoms with E-state index in [9.17, 15) is 29.4 Å². The number of esters is 3. The second kappa shape index (κ2) is 21.4. The van der Waals surface area contributed by atoms with Crippen molar-refractivity contribution >= 4 is 23.9 Å². The molecule has 0 aromatic rings. The first-order valence-electron chi connectivity index (χ1n) is 21.1. The number of carbonyl (C=O) groups excluding carboxylic acids is 3. The van der Waals surface area contributed by atoms with Crippen LogP contribution in [0.25, 0.3) is 0 Å². The molecule has 6 aliphatic carbocycles. The summed E-state index contributed by atoms with van der Waals surface area (Å²) in [6.45, 7) is 6.62. The number of hydrogen-bond donors (Lipinski definition) is 4. The van der Waals surface area contributed by atoms with Crippen LogP contribution in [-0.4, -0.2) is 82.3 Å². The van der Waals surface area contributed by atoms with Gasteiger partial charge in [0.25, 0.3) is 5.97 Å². The molecule has 4 N–H and O–H groups in total. The molecule has 7 rings (SSSR count). The fourth-order valence-electron chi connectivity index (χ4n) is 10.1. The zero-order valence-corrected chi connectivity index (χ0v) is 33.2. The molecule has 1 heterocycles. The van der Waals surface area contributed by atoms with Gasteiger partial charge in [-0.25, -0.2) is 0 Å². The van der Waals surface area contributed by atoms with Crippen LogP contribution in [0.3, 0.4) is 0 Å². The van der Waals surface area contributed by atoms with E-state index in [1.54, 1.807) is 32.1 Å². The van der Waals surface area contributed by atoms with Crippen molar-refractivity contribution in [3.63, 3.8) is 0 Å². The third-order valence-corrected chi connectivity index (χ3v) is 12.7. The predicted molar refractivity (Wildman–Crippen MR) is 199 cm³/mol. The number of carbonyl (C=O) groups is 4. The third kappa shape index (κ3) is 13.5. The maximum atomic E-state index is 11.8. The Hall–Kier alpha value is -2.12. The number of cyclic esters (lactones) is 2. The van der Waals surface area contributed by atoms with Gasteiger partial charge in [0.05, 0.1) is 43.8 Å². The number of carboxylic acid groups (broad SMARTS) is 1. The van der Waals surface area contributed by atoms with Crippen molar-refractivity contribution in [1.82, 2.24) is 0 Å². The van der Waals surface area contributed by atoms with Crippen molar-refractivity contribution in [3.8, 4) is 0 Å². The maximum absolute atomic E-state index is 11.8. The fraction of sp³-hybridized carbons (Fsp3) is 0.905. The van der Waals surface area contributed by atoms with Gasteiger partial charge in [0.2, 0.25) is 0 Å². The Labute approximate surface area is 322 Å². The molecule has 7 atom stereocenters. The standard InChI is InChI=1S/C19H34O7.C12H20O2.C7H12.C4H4O3/c20-9-3-1-5-11-25-19(24,26-12-6-2-4-10-21)17-15-8-7-14(13-15)16(17)18(22)23;1-12(2,3)14-11(13)10-7-8-4-5-9(10)6-8;1-2-7-4-3-6(1)5-7;5-3-1-2-4(6)7-3/h14-17,20-21,24H,1-13H2,(H,22,23);8-10H,4-7H2,1-3H3;6-7H,1-5H2;1-2H2. The van der Waals surface area contributed by atoms with Crippen LogP contribution in [0.4, 0.5) is 0 Å². The van der Waals surface area contributed by atoms with Crippen molar-refractivity contribution in [2.24, 2.45) is 53.3 Å². The summed E-state index contributed by atoms with van der Waals surface area (Å²) in [5.41, 5.74) is -0.321. The molecule has 1 saturated heterocycles. The number of hydrogen-bond acceptors (Lipinski definition) is 11. The number of aliphatic carboxylic acids is 1. The van der Waals surface area contributed by atoms with Crippen LogP contribution in [0.15, 0.2) is 0 Å². The summed E-state index contributed by atoms with van der Waals surface area (Å²) >= 11 is 0. The van der Waals surface area contributed by atoms with Gasteiger partial charge >= 0.3 is 23.9 Å². The zero-order valence-electron chi connectivity index (χ0n) is 33.2. The van der Waals surface area contributed by atoms with E-state index in [0.717, 1.165) is 44.4 Å². The molecule has 0 spiro atoms. The predicted octanol–water partition coefficient (Wildman–Crippen LogP) is 6.55. The number of aliphatic hydroxyl groups excluding tert-OH is 2. The normalized spacial score (nSPS) is 31.6. The minimum atomic E-state index is -1.87. The van der Waals surface area contributed by atoms with E-state index in [4.69, 9.17) is 24.4 Å². The number of ether oxygens (including phenoxy) is 4. The SMILES string of the molecule is C1CC2CCC1C2.CC(C)(C)OC(=O)C1CC2CCC1C2.O=C(O)C1C2CCC(C2)C1C(O)(OCCCCCO)OCCCCCO.O=C1CCC(=O)O1. The van der Waals surface area contributed by atoms with Gasteiger partial charge in [-0.05, 0) is 140 Å². The van der Waals surface area contributed by atoms with Crippen LogP contribution in [0.1, 0.15) is 149 Å². The number of fused-ring (bicyclic) bond motifs is 6. The summed E-state index contributed by atoms with van der Waals surface area (Å²) in [5, 5.41) is 38.5. The Bertz CT molecular complexity index is 1150. The molecule has 54 heavy (non-hydrogen) atoms. The summed E-state index contributed by atoms with van der Waals surface area (Å²) in [5.74, 6) is -0.473. The lowest BCUT2D eigenvalue weighted by Gasteiger charge is -2.40. The average molecular weight is 767 g/mol. The van der Waals surface area contributed by atoms with E-state index in [1.165, 1.54) is 31.1 Å². The van der Waals surface area contributed by atoms with E-state index in [2.05, 4.69) is 4.74 Å². The largest absolute Gasteiger partial charge is 0.481 e. The zero-order chi connectivity index (χ0) is 39.3. The van der Waals surface area contributed by atoms with Crippen LogP contribution >= 0.6 is 0 Å². The molecule has 0 aromatic carbocycles. The Morgan fingerprint density at radius 1 is 0.667 bits per heavy atom. The van der Waals surface area contributed by atoms with Crippen molar-refractivity contribution in [1.29, 1.82) is 0 Å². The van der Waals surface area contributed by atoms with Crippen LogP contribution in [-0.2, 0) is 38.1 Å². The Balaban J connectivity index is 0.000000189. The Morgan fingerprint density at radius 3 is 1.57 bits per heavy atom. The first kappa shape index (κ1) is 44.6. The molecule has 0 radical (unpaired) electrons. The van der Waals surface area contributed by atoms with Crippen molar-refractivity contribution in [2.75, 3.05) is 26.4 Å². The van der Waals surface area contributed by atoms with Gasteiger partial charge in [-0.2, -0.15) is 0 Å². The fourth-order valence-corrected chi connectivity index (χ4v) is 10.1. The Morgan fingerprint density at radius 2 is 1.19 bits per heavy atom. The average Bonchev–Trinajstić information content (AvgIpc) is 3.99. The molecule has 6 saturated carbocycles. The van der Waals surface area contributed by atoms with Gasteiger partial charge in [0, 0.05) is 13.2 Å². The summed E-state index contributed by atoms with van der Waals surface area (Å²) in [4.78, 5) is 43.7. The molecule has 1 aliphatic heterocycles. The van der Waals surface area contributed by atoms with E-state index >= 15 is 0 Å². The van der Waals surface area contributed by atoms with Crippen molar-refractivity contribution in [2.45, 2.75) is 161 Å². The first-order chi connectivity index (χ1) is 25.7. The molecule has 12 heteroatoms. The number of unbranched alkanes of at least 4 members (excludes halogenated alkanes) is 4. The van der Waals surface area contributed by atoms with Crippen LogP contribution in [0, 0.1) is 53.3 Å². The minimum Gasteiger partial charge on any atom is -0.481 e. The maximum Gasteiger partial charge on any atom is 0.314 e. The van der Waals surface area contributed by atoms with E-state index in [-0.39, 0.29) is 68.6 Å². The van der Waals surface area contributed by atoms with Gasteiger partial charge in [-0.15, -0.1) is 0 Å². The number of carboxylic acids is 1. The van der Waals surface area contributed by atoms with Crippen LogP contribution in [0.5, 0.6) is 0 Å². The van der Waals surface area contributed by atoms with Crippen LogP contribution in [0.2, 0.25) is 0 Å². The molecule has 12 nitrogen and oxygen atoms in total. The minimum absolute atomic E-state index is 0.0460. The molecular formula is C42H70O12. The van der Waals surface area contributed by atoms with Gasteiger partial charge in [-0.1, -0.05) is 32.1 Å². The van der Waals surface area contributed by atoms with E-state index in [1.807, 2.05) is 20.8 Å². The summed E-state index contributed by atoms with van der Waals surface area (Å²) in [6, 6.07) is 0. The lowest BCUT2D eigenvalue weighted by molar-refractivity contribution is -0.397. The topological polar surface area (TPSA) is 186 Å². The highest BCUT2D eigenvalue weighted by atomic mass is 16.8. The molecule has 7 fully saturated rings. The van der Waals surface area contributed by atoms with E-state index < -0.39 is 35.7 Å². The van der Waals surface area contributed by atoms with Gasteiger partial charge in [0.15, 0.2) is 0 Å². The molecule has 0 amide bonds. The molecule has 7 aliphatic rings. The van der Waals surface area contributed by atoms with E-state index in [0.29, 0.717) is 31.6 Å². The molecule has 6 bridgehead atoms.